The van der Waals surface area contributed by atoms with Crippen LogP contribution in [-0.2, 0) is 4.74 Å². The summed E-state index contributed by atoms with van der Waals surface area (Å²) < 4.78 is 11.8. The first-order valence-electron chi connectivity index (χ1n) is 7.21. The molecular weight excluding hydrogens is 366 g/mol. The highest BCUT2D eigenvalue weighted by Gasteiger charge is 2.37. The molecule has 1 saturated heterocycles. The normalized spacial score (nSPS) is 16.6. The minimum atomic E-state index is -0.586. The van der Waals surface area contributed by atoms with E-state index in [0.29, 0.717) is 24.5 Å². The van der Waals surface area contributed by atoms with E-state index in [1.807, 2.05) is 32.2 Å². The largest absolute Gasteiger partial charge is 0.496 e. The molecule has 1 heterocycles. The van der Waals surface area contributed by atoms with Crippen molar-refractivity contribution in [1.82, 2.24) is 4.90 Å². The van der Waals surface area contributed by atoms with Crippen LogP contribution in [0.2, 0.25) is 0 Å². The first-order chi connectivity index (χ1) is 10.4. The average Bonchev–Trinajstić information content (AvgIpc) is 2.54. The summed E-state index contributed by atoms with van der Waals surface area (Å²) in [5, 5.41) is 0. The molecule has 6 heteroatoms. The fourth-order valence-electron chi connectivity index (χ4n) is 2.63. The van der Waals surface area contributed by atoms with Gasteiger partial charge in [0.2, 0.25) is 0 Å². The molecule has 1 aromatic rings. The Hall–Kier alpha value is -0.560. The van der Waals surface area contributed by atoms with E-state index in [2.05, 4.69) is 20.8 Å². The Morgan fingerprint density at radius 1 is 1.36 bits per heavy atom. The molecule has 0 radical (unpaired) electrons. The molecule has 0 spiro atoms. The molecular formula is C16H22BrNO3S. The van der Waals surface area contributed by atoms with E-state index < -0.39 is 5.54 Å². The summed E-state index contributed by atoms with van der Waals surface area (Å²) >= 11 is 5.16. The lowest BCUT2D eigenvalue weighted by Crippen LogP contribution is -2.54. The Balaban J connectivity index is 2.37. The zero-order valence-corrected chi connectivity index (χ0v) is 15.8. The van der Waals surface area contributed by atoms with E-state index in [-0.39, 0.29) is 5.78 Å². The molecule has 0 bridgehead atoms. The van der Waals surface area contributed by atoms with Gasteiger partial charge < -0.3 is 9.47 Å². The maximum atomic E-state index is 13.1. The SMILES string of the molecule is COc1cc(SC)c(Br)cc1C(=O)C(C)(C)N1CCOCC1. The van der Waals surface area contributed by atoms with Crippen LogP contribution in [-0.4, -0.2) is 55.9 Å². The predicted molar refractivity (Wildman–Crippen MR) is 93.3 cm³/mol. The van der Waals surface area contributed by atoms with Crippen LogP contribution >= 0.6 is 27.7 Å². The number of benzene rings is 1. The third-order valence-corrected chi connectivity index (χ3v) is 5.77. The summed E-state index contributed by atoms with van der Waals surface area (Å²) in [6.45, 7) is 6.81. The average molecular weight is 388 g/mol. The molecule has 2 rings (SSSR count). The molecule has 0 atom stereocenters. The smallest absolute Gasteiger partial charge is 0.186 e. The highest BCUT2D eigenvalue weighted by Crippen LogP contribution is 2.35. The van der Waals surface area contributed by atoms with Crippen LogP contribution in [0, 0.1) is 0 Å². The van der Waals surface area contributed by atoms with Crippen molar-refractivity contribution < 1.29 is 14.3 Å². The van der Waals surface area contributed by atoms with E-state index >= 15 is 0 Å². The molecule has 4 nitrogen and oxygen atoms in total. The van der Waals surface area contributed by atoms with Gasteiger partial charge in [-0.2, -0.15) is 0 Å². The van der Waals surface area contributed by atoms with Crippen molar-refractivity contribution >= 4 is 33.5 Å². The van der Waals surface area contributed by atoms with Crippen molar-refractivity contribution in [3.8, 4) is 5.75 Å². The number of Topliss-reactive ketones (excluding diaryl/α,β-unsaturated/α-hetero) is 1. The highest BCUT2D eigenvalue weighted by molar-refractivity contribution is 9.10. The van der Waals surface area contributed by atoms with E-state index in [1.165, 1.54) is 0 Å². The van der Waals surface area contributed by atoms with Crippen molar-refractivity contribution in [1.29, 1.82) is 0 Å². The zero-order chi connectivity index (χ0) is 16.3. The van der Waals surface area contributed by atoms with Gasteiger partial charge in [0.15, 0.2) is 5.78 Å². The lowest BCUT2D eigenvalue weighted by Gasteiger charge is -2.39. The lowest BCUT2D eigenvalue weighted by molar-refractivity contribution is -0.00438. The second-order valence-electron chi connectivity index (χ2n) is 5.67. The maximum absolute atomic E-state index is 13.1. The first kappa shape index (κ1) is 17.8. The topological polar surface area (TPSA) is 38.8 Å². The molecule has 0 unspecified atom stereocenters. The first-order valence-corrected chi connectivity index (χ1v) is 9.22. The second-order valence-corrected chi connectivity index (χ2v) is 7.38. The van der Waals surface area contributed by atoms with Gasteiger partial charge >= 0.3 is 0 Å². The molecule has 0 N–H and O–H groups in total. The highest BCUT2D eigenvalue weighted by atomic mass is 79.9. The van der Waals surface area contributed by atoms with E-state index in [9.17, 15) is 4.79 Å². The zero-order valence-electron chi connectivity index (χ0n) is 13.4. The van der Waals surface area contributed by atoms with Gasteiger partial charge in [-0.3, -0.25) is 9.69 Å². The Morgan fingerprint density at radius 3 is 2.55 bits per heavy atom. The summed E-state index contributed by atoms with van der Waals surface area (Å²) in [5.41, 5.74) is 0.0286. The van der Waals surface area contributed by atoms with Gasteiger partial charge in [0.05, 0.1) is 31.4 Å². The van der Waals surface area contributed by atoms with Crippen LogP contribution in [0.1, 0.15) is 24.2 Å². The molecule has 0 saturated carbocycles. The van der Waals surface area contributed by atoms with Crippen molar-refractivity contribution in [2.75, 3.05) is 39.7 Å². The van der Waals surface area contributed by atoms with Gasteiger partial charge in [-0.1, -0.05) is 0 Å². The van der Waals surface area contributed by atoms with Crippen LogP contribution < -0.4 is 4.74 Å². The number of halogens is 1. The molecule has 1 fully saturated rings. The third kappa shape index (κ3) is 3.50. The molecule has 0 aliphatic carbocycles. The van der Waals surface area contributed by atoms with Crippen LogP contribution in [0.25, 0.3) is 0 Å². The molecule has 1 aliphatic rings. The summed E-state index contributed by atoms with van der Waals surface area (Å²) in [7, 11) is 1.60. The number of hydrogen-bond donors (Lipinski definition) is 0. The Labute approximate surface area is 144 Å². The molecule has 1 aromatic carbocycles. The van der Waals surface area contributed by atoms with Crippen molar-refractivity contribution in [2.45, 2.75) is 24.3 Å². The van der Waals surface area contributed by atoms with Gasteiger partial charge in [-0.15, -0.1) is 11.8 Å². The number of thioether (sulfide) groups is 1. The van der Waals surface area contributed by atoms with Gasteiger partial charge in [0.25, 0.3) is 0 Å². The van der Waals surface area contributed by atoms with Crippen LogP contribution in [0.15, 0.2) is 21.5 Å². The fourth-order valence-corrected chi connectivity index (χ4v) is 3.94. The number of methoxy groups -OCH3 is 1. The van der Waals surface area contributed by atoms with Crippen molar-refractivity contribution in [3.05, 3.63) is 22.2 Å². The van der Waals surface area contributed by atoms with Gasteiger partial charge in [0.1, 0.15) is 5.75 Å². The predicted octanol–water partition coefficient (Wildman–Crippen LogP) is 3.47. The number of nitrogens with zero attached hydrogens (tertiary/aromatic N) is 1. The van der Waals surface area contributed by atoms with Crippen molar-refractivity contribution in [2.24, 2.45) is 0 Å². The molecule has 0 aromatic heterocycles. The molecule has 0 amide bonds. The third-order valence-electron chi connectivity index (χ3n) is 4.08. The fraction of sp³-hybridized carbons (Fsp3) is 0.562. The van der Waals surface area contributed by atoms with E-state index in [4.69, 9.17) is 9.47 Å². The second kappa shape index (κ2) is 7.34. The number of carbonyl (C=O) groups excluding carboxylic acids is 1. The van der Waals surface area contributed by atoms with E-state index in [0.717, 1.165) is 22.5 Å². The quantitative estimate of drug-likeness (QED) is 0.571. The maximum Gasteiger partial charge on any atom is 0.186 e. The van der Waals surface area contributed by atoms with Crippen molar-refractivity contribution in [3.63, 3.8) is 0 Å². The van der Waals surface area contributed by atoms with Crippen LogP contribution in [0.5, 0.6) is 5.75 Å². The number of ketones is 1. The van der Waals surface area contributed by atoms with Gasteiger partial charge in [-0.25, -0.2) is 0 Å². The van der Waals surface area contributed by atoms with Gasteiger partial charge in [-0.05, 0) is 48.2 Å². The number of hydrogen-bond acceptors (Lipinski definition) is 5. The minimum absolute atomic E-state index is 0.0691. The molecule has 1 aliphatic heterocycles. The minimum Gasteiger partial charge on any atom is -0.496 e. The van der Waals surface area contributed by atoms with Gasteiger partial charge in [0, 0.05) is 22.5 Å². The summed E-state index contributed by atoms with van der Waals surface area (Å²) in [5.74, 6) is 0.693. The number of morpholine rings is 1. The summed E-state index contributed by atoms with van der Waals surface area (Å²) in [6.07, 6.45) is 2.00. The summed E-state index contributed by atoms with van der Waals surface area (Å²) in [6, 6.07) is 3.78. The lowest BCUT2D eigenvalue weighted by atomic mass is 9.90. The Bertz CT molecular complexity index is 557. The summed E-state index contributed by atoms with van der Waals surface area (Å²) in [4.78, 5) is 16.3. The Kier molecular flexibility index (Phi) is 5.94. The Morgan fingerprint density at radius 2 is 2.00 bits per heavy atom. The number of rotatable bonds is 5. The molecule has 22 heavy (non-hydrogen) atoms. The molecule has 122 valence electrons. The number of carbonyl (C=O) groups is 1. The van der Waals surface area contributed by atoms with Crippen LogP contribution in [0.4, 0.5) is 0 Å². The van der Waals surface area contributed by atoms with Crippen LogP contribution in [0.3, 0.4) is 0 Å². The monoisotopic (exact) mass is 387 g/mol. The van der Waals surface area contributed by atoms with E-state index in [1.54, 1.807) is 18.9 Å². The standard InChI is InChI=1S/C16H22BrNO3S/c1-16(2,18-5-7-21-8-6-18)15(19)11-9-12(17)14(22-4)10-13(11)20-3/h9-10H,5-8H2,1-4H3. The number of ether oxygens (including phenoxy) is 2.